The second-order valence-electron chi connectivity index (χ2n) is 1.39. The molecular formula is C4H8ClO4P. The lowest BCUT2D eigenvalue weighted by Crippen LogP contribution is -2.04. The molecule has 0 aliphatic heterocycles. The quantitative estimate of drug-likeness (QED) is 0.490. The number of hydrogen-bond donors (Lipinski definition) is 0. The van der Waals surface area contributed by atoms with Gasteiger partial charge in [-0.1, -0.05) is 0 Å². The number of carbonyl (C=O) groups excluding carboxylic acids is 1. The molecule has 0 amide bonds. The van der Waals surface area contributed by atoms with E-state index in [2.05, 4.69) is 9.05 Å². The van der Waals surface area contributed by atoms with Crippen LogP contribution < -0.4 is 0 Å². The van der Waals surface area contributed by atoms with E-state index in [1.54, 1.807) is 0 Å². The Morgan fingerprint density at radius 2 is 1.90 bits per heavy atom. The Morgan fingerprint density at radius 3 is 2.00 bits per heavy atom. The fourth-order valence-corrected chi connectivity index (χ4v) is 1.49. The fourth-order valence-electron chi connectivity index (χ4n) is 0.351. The number of halogens is 1. The highest BCUT2D eigenvalue weighted by Crippen LogP contribution is 2.47. The Hall–Kier alpha value is 0.110. The van der Waals surface area contributed by atoms with Crippen LogP contribution in [0.2, 0.25) is 0 Å². The zero-order valence-electron chi connectivity index (χ0n) is 5.67. The lowest BCUT2D eigenvalue weighted by molar-refractivity contribution is -0.111. The minimum Gasteiger partial charge on any atom is -0.307 e. The second kappa shape index (κ2) is 4.09. The van der Waals surface area contributed by atoms with Gasteiger partial charge in [-0.15, -0.1) is 11.6 Å². The molecule has 0 aromatic carbocycles. The summed E-state index contributed by atoms with van der Waals surface area (Å²) in [7, 11) is -1.28. The van der Waals surface area contributed by atoms with Crippen molar-refractivity contribution in [3.05, 3.63) is 0 Å². The van der Waals surface area contributed by atoms with Gasteiger partial charge in [-0.25, -0.2) is 0 Å². The van der Waals surface area contributed by atoms with Crippen LogP contribution in [0.25, 0.3) is 0 Å². The van der Waals surface area contributed by atoms with Crippen molar-refractivity contribution in [3.63, 3.8) is 0 Å². The Kier molecular flexibility index (Phi) is 4.13. The van der Waals surface area contributed by atoms with Gasteiger partial charge in [-0.05, 0) is 0 Å². The van der Waals surface area contributed by atoms with Gasteiger partial charge in [0.15, 0.2) is 0 Å². The van der Waals surface area contributed by atoms with Crippen LogP contribution >= 0.6 is 19.2 Å². The van der Waals surface area contributed by atoms with Crippen molar-refractivity contribution >= 4 is 24.7 Å². The third-order valence-electron chi connectivity index (χ3n) is 0.900. The Labute approximate surface area is 64.0 Å². The summed E-state index contributed by atoms with van der Waals surface area (Å²) in [5.41, 5.74) is -0.723. The van der Waals surface area contributed by atoms with Gasteiger partial charge in [-0.3, -0.25) is 9.36 Å². The molecule has 0 heterocycles. The zero-order chi connectivity index (χ0) is 8.20. The molecule has 10 heavy (non-hydrogen) atoms. The van der Waals surface area contributed by atoms with E-state index >= 15 is 0 Å². The van der Waals surface area contributed by atoms with Crippen molar-refractivity contribution in [3.8, 4) is 0 Å². The molecule has 0 radical (unpaired) electrons. The van der Waals surface area contributed by atoms with Gasteiger partial charge in [0.1, 0.15) is 0 Å². The molecule has 6 heteroatoms. The Balaban J connectivity index is 4.34. The van der Waals surface area contributed by atoms with Crippen molar-refractivity contribution in [1.82, 2.24) is 0 Å². The minimum absolute atomic E-state index is 0.362. The van der Waals surface area contributed by atoms with Gasteiger partial charge in [-0.2, -0.15) is 0 Å². The first-order valence-electron chi connectivity index (χ1n) is 2.41. The molecule has 0 bridgehead atoms. The van der Waals surface area contributed by atoms with Gasteiger partial charge in [0.2, 0.25) is 0 Å². The average molecular weight is 187 g/mol. The SMILES string of the molecule is COP(=O)(OC)C(=O)CCl. The van der Waals surface area contributed by atoms with E-state index in [-0.39, 0.29) is 5.88 Å². The summed E-state index contributed by atoms with van der Waals surface area (Å²) in [4.78, 5) is 10.7. The molecule has 0 saturated carbocycles. The summed E-state index contributed by atoms with van der Waals surface area (Å²) < 4.78 is 19.7. The largest absolute Gasteiger partial charge is 0.397 e. The molecule has 4 nitrogen and oxygen atoms in total. The predicted molar refractivity (Wildman–Crippen MR) is 37.4 cm³/mol. The number of rotatable bonds is 4. The number of hydrogen-bond acceptors (Lipinski definition) is 4. The monoisotopic (exact) mass is 186 g/mol. The van der Waals surface area contributed by atoms with E-state index in [4.69, 9.17) is 11.6 Å². The number of alkyl halides is 1. The molecule has 0 N–H and O–H groups in total. The Morgan fingerprint density at radius 1 is 1.50 bits per heavy atom. The molecule has 0 spiro atoms. The van der Waals surface area contributed by atoms with Crippen molar-refractivity contribution in [2.24, 2.45) is 0 Å². The highest BCUT2D eigenvalue weighted by atomic mass is 35.5. The van der Waals surface area contributed by atoms with Crippen LogP contribution in [0.4, 0.5) is 0 Å². The molecule has 0 aromatic rings. The van der Waals surface area contributed by atoms with Crippen molar-refractivity contribution < 1.29 is 18.4 Å². The summed E-state index contributed by atoms with van der Waals surface area (Å²) in [5.74, 6) is -0.362. The van der Waals surface area contributed by atoms with Crippen molar-refractivity contribution in [1.29, 1.82) is 0 Å². The minimum atomic E-state index is -3.54. The van der Waals surface area contributed by atoms with E-state index in [0.717, 1.165) is 14.2 Å². The third-order valence-corrected chi connectivity index (χ3v) is 3.06. The summed E-state index contributed by atoms with van der Waals surface area (Å²) >= 11 is 5.11. The maximum absolute atomic E-state index is 11.0. The fraction of sp³-hybridized carbons (Fsp3) is 0.750. The van der Waals surface area contributed by atoms with Crippen LogP contribution in [0, 0.1) is 0 Å². The van der Waals surface area contributed by atoms with Crippen LogP contribution in [0.1, 0.15) is 0 Å². The summed E-state index contributed by atoms with van der Waals surface area (Å²) in [6, 6.07) is 0. The molecule has 0 aliphatic carbocycles. The van der Waals surface area contributed by atoms with E-state index in [1.807, 2.05) is 0 Å². The van der Waals surface area contributed by atoms with E-state index < -0.39 is 13.1 Å². The highest BCUT2D eigenvalue weighted by molar-refractivity contribution is 7.72. The first-order valence-corrected chi connectivity index (χ1v) is 4.49. The maximum Gasteiger partial charge on any atom is 0.397 e. The Bertz CT molecular complexity index is 161. The normalized spacial score (nSPS) is 11.5. The highest BCUT2D eigenvalue weighted by Gasteiger charge is 2.30. The molecule has 0 fully saturated rings. The van der Waals surface area contributed by atoms with Crippen LogP contribution in [-0.4, -0.2) is 25.6 Å². The van der Waals surface area contributed by atoms with E-state index in [9.17, 15) is 9.36 Å². The summed E-state index contributed by atoms with van der Waals surface area (Å²) in [6.45, 7) is 0. The predicted octanol–water partition coefficient (Wildman–Crippen LogP) is 1.24. The number of carbonyl (C=O) groups is 1. The van der Waals surface area contributed by atoms with Crippen LogP contribution in [0.15, 0.2) is 0 Å². The first-order chi connectivity index (χ1) is 4.60. The molecule has 0 aromatic heterocycles. The van der Waals surface area contributed by atoms with Gasteiger partial charge < -0.3 is 9.05 Å². The lowest BCUT2D eigenvalue weighted by atomic mass is 10.9. The lowest BCUT2D eigenvalue weighted by Gasteiger charge is -2.08. The first kappa shape index (κ1) is 10.1. The molecule has 0 atom stereocenters. The second-order valence-corrected chi connectivity index (χ2v) is 3.88. The smallest absolute Gasteiger partial charge is 0.307 e. The van der Waals surface area contributed by atoms with E-state index in [0.29, 0.717) is 0 Å². The summed E-state index contributed by atoms with van der Waals surface area (Å²) in [5, 5.41) is 0. The third kappa shape index (κ3) is 2.06. The van der Waals surface area contributed by atoms with Crippen LogP contribution in [-0.2, 0) is 18.4 Å². The van der Waals surface area contributed by atoms with E-state index in [1.165, 1.54) is 0 Å². The van der Waals surface area contributed by atoms with Gasteiger partial charge in [0.25, 0.3) is 5.52 Å². The molecule has 0 aliphatic rings. The van der Waals surface area contributed by atoms with Crippen LogP contribution in [0.3, 0.4) is 0 Å². The van der Waals surface area contributed by atoms with Gasteiger partial charge in [0, 0.05) is 14.2 Å². The van der Waals surface area contributed by atoms with Gasteiger partial charge >= 0.3 is 7.60 Å². The molecule has 60 valence electrons. The zero-order valence-corrected chi connectivity index (χ0v) is 7.32. The van der Waals surface area contributed by atoms with Gasteiger partial charge in [0.05, 0.1) is 5.88 Å². The molecule has 0 saturated heterocycles. The van der Waals surface area contributed by atoms with Crippen molar-refractivity contribution in [2.45, 2.75) is 0 Å². The summed E-state index contributed by atoms with van der Waals surface area (Å²) in [6.07, 6.45) is 0. The topological polar surface area (TPSA) is 52.6 Å². The molecule has 0 rings (SSSR count). The standard InChI is InChI=1S/C4H8ClO4P/c1-8-10(7,9-2)4(6)3-5/h3H2,1-2H3. The van der Waals surface area contributed by atoms with Crippen molar-refractivity contribution in [2.75, 3.05) is 20.1 Å². The molecule has 0 unspecified atom stereocenters. The van der Waals surface area contributed by atoms with Crippen LogP contribution in [0.5, 0.6) is 0 Å². The maximum atomic E-state index is 11.0. The average Bonchev–Trinajstić information content (AvgIpc) is 2.01. The molecular weight excluding hydrogens is 178 g/mol.